The second kappa shape index (κ2) is 7.19. The van der Waals surface area contributed by atoms with Crippen molar-refractivity contribution in [2.45, 2.75) is 26.8 Å². The van der Waals surface area contributed by atoms with Gasteiger partial charge in [0.1, 0.15) is 0 Å². The quantitative estimate of drug-likeness (QED) is 0.296. The smallest absolute Gasteiger partial charge is 0.250 e. The number of carbonyl (C=O) groups is 2. The van der Waals surface area contributed by atoms with Crippen molar-refractivity contribution in [2.75, 3.05) is 19.6 Å². The zero-order valence-corrected chi connectivity index (χ0v) is 9.54. The summed E-state index contributed by atoms with van der Waals surface area (Å²) in [6.45, 7) is 6.87. The molecule has 0 aromatic heterocycles. The van der Waals surface area contributed by atoms with E-state index in [0.717, 1.165) is 0 Å². The largest absolute Gasteiger partial charge is 0.355 e. The summed E-state index contributed by atoms with van der Waals surface area (Å²) in [5.74, 6) is 4.65. The Labute approximate surface area is 90.2 Å². The van der Waals surface area contributed by atoms with Crippen molar-refractivity contribution < 1.29 is 9.59 Å². The highest BCUT2D eigenvalue weighted by Crippen LogP contribution is 1.97. The summed E-state index contributed by atoms with van der Waals surface area (Å²) in [4.78, 5) is 24.3. The molecule has 0 spiro atoms. The maximum absolute atomic E-state index is 11.3. The highest BCUT2D eigenvalue weighted by atomic mass is 16.2. The van der Waals surface area contributed by atoms with Gasteiger partial charge in [-0.1, -0.05) is 6.92 Å². The first-order chi connectivity index (χ1) is 7.06. The Morgan fingerprint density at radius 3 is 2.40 bits per heavy atom. The van der Waals surface area contributed by atoms with Crippen LogP contribution in [0, 0.1) is 0 Å². The van der Waals surface area contributed by atoms with Crippen LogP contribution in [-0.2, 0) is 9.59 Å². The SMILES string of the molecule is CCNC(=O)CN(CC)C(C)C(=O)NN. The summed E-state index contributed by atoms with van der Waals surface area (Å²) < 4.78 is 0. The van der Waals surface area contributed by atoms with E-state index in [1.165, 1.54) is 0 Å². The van der Waals surface area contributed by atoms with E-state index in [0.29, 0.717) is 13.1 Å². The molecule has 0 radical (unpaired) electrons. The van der Waals surface area contributed by atoms with Crippen molar-refractivity contribution >= 4 is 11.8 Å². The minimum Gasteiger partial charge on any atom is -0.355 e. The predicted octanol–water partition coefficient (Wildman–Crippen LogP) is -1.18. The van der Waals surface area contributed by atoms with Crippen molar-refractivity contribution in [3.63, 3.8) is 0 Å². The van der Waals surface area contributed by atoms with Gasteiger partial charge in [-0.05, 0) is 20.4 Å². The van der Waals surface area contributed by atoms with E-state index in [1.54, 1.807) is 11.8 Å². The van der Waals surface area contributed by atoms with Gasteiger partial charge in [0.15, 0.2) is 0 Å². The summed E-state index contributed by atoms with van der Waals surface area (Å²) in [5, 5.41) is 2.68. The number of hydrazine groups is 1. The Morgan fingerprint density at radius 2 is 2.00 bits per heavy atom. The van der Waals surface area contributed by atoms with Gasteiger partial charge in [-0.2, -0.15) is 0 Å². The molecular formula is C9H20N4O2. The van der Waals surface area contributed by atoms with E-state index in [-0.39, 0.29) is 18.4 Å². The topological polar surface area (TPSA) is 87.5 Å². The van der Waals surface area contributed by atoms with Crippen LogP contribution in [0.4, 0.5) is 0 Å². The van der Waals surface area contributed by atoms with Crippen molar-refractivity contribution in [1.82, 2.24) is 15.6 Å². The molecule has 0 fully saturated rings. The molecule has 0 saturated heterocycles. The predicted molar refractivity (Wildman–Crippen MR) is 57.7 cm³/mol. The standard InChI is InChI=1S/C9H20N4O2/c1-4-11-8(14)6-13(5-2)7(3)9(15)12-10/h7H,4-6,10H2,1-3H3,(H,11,14)(H,12,15). The molecule has 2 amide bonds. The van der Waals surface area contributed by atoms with E-state index in [9.17, 15) is 9.59 Å². The molecule has 6 heteroatoms. The maximum atomic E-state index is 11.3. The number of nitrogens with one attached hydrogen (secondary N) is 2. The lowest BCUT2D eigenvalue weighted by Crippen LogP contribution is -2.50. The number of hydrogen-bond acceptors (Lipinski definition) is 4. The Kier molecular flexibility index (Phi) is 6.64. The van der Waals surface area contributed by atoms with Gasteiger partial charge in [-0.25, -0.2) is 5.84 Å². The van der Waals surface area contributed by atoms with Crippen molar-refractivity contribution in [3.8, 4) is 0 Å². The van der Waals surface area contributed by atoms with Crippen molar-refractivity contribution in [2.24, 2.45) is 5.84 Å². The van der Waals surface area contributed by atoms with Crippen molar-refractivity contribution in [1.29, 1.82) is 0 Å². The number of carbonyl (C=O) groups excluding carboxylic acids is 2. The molecule has 0 bridgehead atoms. The summed E-state index contributed by atoms with van der Waals surface area (Å²) in [6.07, 6.45) is 0. The maximum Gasteiger partial charge on any atom is 0.250 e. The van der Waals surface area contributed by atoms with Crippen LogP contribution in [0.3, 0.4) is 0 Å². The van der Waals surface area contributed by atoms with Gasteiger partial charge in [-0.3, -0.25) is 19.9 Å². The molecule has 88 valence electrons. The summed E-state index contributed by atoms with van der Waals surface area (Å²) in [6, 6.07) is -0.400. The molecule has 0 heterocycles. The summed E-state index contributed by atoms with van der Waals surface area (Å²) >= 11 is 0. The molecule has 4 N–H and O–H groups in total. The molecule has 6 nitrogen and oxygen atoms in total. The molecule has 0 saturated carbocycles. The molecule has 0 rings (SSSR count). The third-order valence-corrected chi connectivity index (χ3v) is 2.20. The lowest BCUT2D eigenvalue weighted by Gasteiger charge is -2.25. The molecular weight excluding hydrogens is 196 g/mol. The van der Waals surface area contributed by atoms with Gasteiger partial charge in [-0.15, -0.1) is 0 Å². The average Bonchev–Trinajstić information content (AvgIpc) is 2.24. The van der Waals surface area contributed by atoms with E-state index in [1.807, 2.05) is 13.8 Å². The number of amides is 2. The van der Waals surface area contributed by atoms with E-state index in [4.69, 9.17) is 5.84 Å². The van der Waals surface area contributed by atoms with Gasteiger partial charge >= 0.3 is 0 Å². The fraction of sp³-hybridized carbons (Fsp3) is 0.778. The third-order valence-electron chi connectivity index (χ3n) is 2.20. The zero-order chi connectivity index (χ0) is 11.8. The van der Waals surface area contributed by atoms with Gasteiger partial charge in [0.25, 0.3) is 5.91 Å². The second-order valence-electron chi connectivity index (χ2n) is 3.20. The molecule has 0 aliphatic heterocycles. The first-order valence-corrected chi connectivity index (χ1v) is 5.07. The molecule has 15 heavy (non-hydrogen) atoms. The first-order valence-electron chi connectivity index (χ1n) is 5.07. The van der Waals surface area contributed by atoms with Gasteiger partial charge in [0, 0.05) is 6.54 Å². The lowest BCUT2D eigenvalue weighted by atomic mass is 10.2. The van der Waals surface area contributed by atoms with Crippen LogP contribution in [0.2, 0.25) is 0 Å². The molecule has 0 aliphatic carbocycles. The molecule has 0 aromatic carbocycles. The van der Waals surface area contributed by atoms with E-state index >= 15 is 0 Å². The molecule has 1 atom stereocenters. The lowest BCUT2D eigenvalue weighted by molar-refractivity contribution is -0.128. The normalized spacial score (nSPS) is 12.3. The number of nitrogens with two attached hydrogens (primary N) is 1. The number of rotatable bonds is 6. The highest BCUT2D eigenvalue weighted by molar-refractivity contribution is 5.82. The first kappa shape index (κ1) is 13.9. The molecule has 0 aromatic rings. The monoisotopic (exact) mass is 216 g/mol. The van der Waals surface area contributed by atoms with Crippen LogP contribution >= 0.6 is 0 Å². The molecule has 1 unspecified atom stereocenters. The van der Waals surface area contributed by atoms with Crippen LogP contribution in [0.5, 0.6) is 0 Å². The van der Waals surface area contributed by atoms with Gasteiger partial charge < -0.3 is 5.32 Å². The fourth-order valence-corrected chi connectivity index (χ4v) is 1.25. The summed E-state index contributed by atoms with van der Waals surface area (Å²) in [7, 11) is 0. The zero-order valence-electron chi connectivity index (χ0n) is 9.54. The Hall–Kier alpha value is -1.14. The number of likely N-dealkylation sites (N-methyl/N-ethyl adjacent to an activating group) is 2. The van der Waals surface area contributed by atoms with Crippen LogP contribution in [0.25, 0.3) is 0 Å². The minimum absolute atomic E-state index is 0.0870. The second-order valence-corrected chi connectivity index (χ2v) is 3.20. The number of nitrogens with zero attached hydrogens (tertiary/aromatic N) is 1. The van der Waals surface area contributed by atoms with Gasteiger partial charge in [0.2, 0.25) is 5.91 Å². The third kappa shape index (κ3) is 4.75. The van der Waals surface area contributed by atoms with Crippen molar-refractivity contribution in [3.05, 3.63) is 0 Å². The summed E-state index contributed by atoms with van der Waals surface area (Å²) in [5.41, 5.74) is 2.07. The number of hydrogen-bond donors (Lipinski definition) is 3. The molecule has 0 aliphatic rings. The van der Waals surface area contributed by atoms with Gasteiger partial charge in [0.05, 0.1) is 12.6 Å². The fourth-order valence-electron chi connectivity index (χ4n) is 1.25. The minimum atomic E-state index is -0.400. The van der Waals surface area contributed by atoms with Crippen LogP contribution < -0.4 is 16.6 Å². The van der Waals surface area contributed by atoms with E-state index < -0.39 is 6.04 Å². The van der Waals surface area contributed by atoms with Crippen LogP contribution in [0.1, 0.15) is 20.8 Å². The van der Waals surface area contributed by atoms with E-state index in [2.05, 4.69) is 10.7 Å². The average molecular weight is 216 g/mol. The Balaban J connectivity index is 4.23. The Morgan fingerprint density at radius 1 is 1.40 bits per heavy atom. The van der Waals surface area contributed by atoms with Crippen LogP contribution in [0.15, 0.2) is 0 Å². The van der Waals surface area contributed by atoms with Crippen LogP contribution in [-0.4, -0.2) is 42.4 Å². The Bertz CT molecular complexity index is 220. The highest BCUT2D eigenvalue weighted by Gasteiger charge is 2.20.